The zero-order valence-corrected chi connectivity index (χ0v) is 11.6. The molecule has 0 aromatic heterocycles. The maximum atomic E-state index is 5.79. The normalized spacial score (nSPS) is 10.3. The van der Waals surface area contributed by atoms with E-state index in [9.17, 15) is 0 Å². The van der Waals surface area contributed by atoms with Crippen LogP contribution in [0.4, 0.5) is 0 Å². The molecule has 2 heteroatoms. The van der Waals surface area contributed by atoms with Gasteiger partial charge in [0.25, 0.3) is 0 Å². The summed E-state index contributed by atoms with van der Waals surface area (Å²) < 4.78 is 6.85. The number of halogens is 1. The topological polar surface area (TPSA) is 9.23 Å². The Bertz CT molecular complexity index is 483. The highest BCUT2D eigenvalue weighted by Crippen LogP contribution is 2.19. The van der Waals surface area contributed by atoms with Crippen molar-refractivity contribution in [3.8, 4) is 5.75 Å². The molecule has 0 fully saturated rings. The Balaban J connectivity index is 2.10. The minimum Gasteiger partial charge on any atom is -0.489 e. The van der Waals surface area contributed by atoms with Gasteiger partial charge in [0.2, 0.25) is 0 Å². The standard InChI is InChI=1S/C15H15BrO/c1-11-4-3-5-12(2)15(11)10-17-14-8-6-13(16)7-9-14/h3-9H,10H2,1-2H3. The number of rotatable bonds is 3. The predicted molar refractivity (Wildman–Crippen MR) is 74.4 cm³/mol. The molecule has 0 aliphatic heterocycles. The van der Waals surface area contributed by atoms with Crippen molar-refractivity contribution in [3.05, 3.63) is 63.6 Å². The summed E-state index contributed by atoms with van der Waals surface area (Å²) >= 11 is 3.41. The van der Waals surface area contributed by atoms with E-state index in [4.69, 9.17) is 4.74 Å². The summed E-state index contributed by atoms with van der Waals surface area (Å²) in [6.07, 6.45) is 0. The third-order valence-corrected chi connectivity index (χ3v) is 3.37. The van der Waals surface area contributed by atoms with E-state index in [2.05, 4.69) is 48.0 Å². The lowest BCUT2D eigenvalue weighted by Crippen LogP contribution is -2.00. The van der Waals surface area contributed by atoms with Crippen molar-refractivity contribution < 1.29 is 4.74 Å². The molecule has 2 aromatic carbocycles. The average Bonchev–Trinajstić information content (AvgIpc) is 2.31. The van der Waals surface area contributed by atoms with Crippen molar-refractivity contribution in [2.75, 3.05) is 0 Å². The number of hydrogen-bond donors (Lipinski definition) is 0. The first-order valence-corrected chi connectivity index (χ1v) is 6.39. The summed E-state index contributed by atoms with van der Waals surface area (Å²) in [6, 6.07) is 14.2. The van der Waals surface area contributed by atoms with Gasteiger partial charge in [0.15, 0.2) is 0 Å². The van der Waals surface area contributed by atoms with E-state index in [0.29, 0.717) is 6.61 Å². The fraction of sp³-hybridized carbons (Fsp3) is 0.200. The number of benzene rings is 2. The van der Waals surface area contributed by atoms with Crippen LogP contribution in [0.15, 0.2) is 46.9 Å². The van der Waals surface area contributed by atoms with Gasteiger partial charge < -0.3 is 4.74 Å². The maximum absolute atomic E-state index is 5.79. The van der Waals surface area contributed by atoms with Crippen LogP contribution in [0.5, 0.6) is 5.75 Å². The number of ether oxygens (including phenoxy) is 1. The lowest BCUT2D eigenvalue weighted by Gasteiger charge is -2.11. The summed E-state index contributed by atoms with van der Waals surface area (Å²) in [5.74, 6) is 0.899. The minimum absolute atomic E-state index is 0.625. The van der Waals surface area contributed by atoms with Gasteiger partial charge in [0.1, 0.15) is 12.4 Å². The van der Waals surface area contributed by atoms with Crippen molar-refractivity contribution in [2.24, 2.45) is 0 Å². The van der Waals surface area contributed by atoms with Crippen molar-refractivity contribution in [1.29, 1.82) is 0 Å². The molecular weight excluding hydrogens is 276 g/mol. The highest BCUT2D eigenvalue weighted by atomic mass is 79.9. The lowest BCUT2D eigenvalue weighted by atomic mass is 10.0. The van der Waals surface area contributed by atoms with E-state index in [1.165, 1.54) is 16.7 Å². The number of hydrogen-bond acceptors (Lipinski definition) is 1. The van der Waals surface area contributed by atoms with Crippen LogP contribution in [-0.2, 0) is 6.61 Å². The zero-order valence-electron chi connectivity index (χ0n) is 10.0. The molecule has 2 rings (SSSR count). The number of aryl methyl sites for hydroxylation is 2. The Morgan fingerprint density at radius 2 is 1.53 bits per heavy atom. The van der Waals surface area contributed by atoms with Gasteiger partial charge in [-0.05, 0) is 54.8 Å². The molecule has 0 atom stereocenters. The fourth-order valence-electron chi connectivity index (χ4n) is 1.76. The van der Waals surface area contributed by atoms with Gasteiger partial charge in [-0.25, -0.2) is 0 Å². The molecule has 0 spiro atoms. The second-order valence-electron chi connectivity index (χ2n) is 4.11. The highest BCUT2D eigenvalue weighted by molar-refractivity contribution is 9.10. The first-order chi connectivity index (χ1) is 8.16. The second-order valence-corrected chi connectivity index (χ2v) is 5.03. The molecule has 0 unspecified atom stereocenters. The molecule has 88 valence electrons. The van der Waals surface area contributed by atoms with Crippen molar-refractivity contribution >= 4 is 15.9 Å². The van der Waals surface area contributed by atoms with Crippen LogP contribution in [-0.4, -0.2) is 0 Å². The molecule has 0 amide bonds. The summed E-state index contributed by atoms with van der Waals surface area (Å²) in [5.41, 5.74) is 3.83. The molecule has 0 saturated carbocycles. The zero-order chi connectivity index (χ0) is 12.3. The van der Waals surface area contributed by atoms with Crippen LogP contribution in [0, 0.1) is 13.8 Å². The Morgan fingerprint density at radius 3 is 2.12 bits per heavy atom. The van der Waals surface area contributed by atoms with E-state index in [-0.39, 0.29) is 0 Å². The molecule has 0 heterocycles. The third kappa shape index (κ3) is 3.10. The summed E-state index contributed by atoms with van der Waals surface area (Å²) in [6.45, 7) is 4.86. The Hall–Kier alpha value is -1.28. The van der Waals surface area contributed by atoms with Crippen LogP contribution < -0.4 is 4.74 Å². The van der Waals surface area contributed by atoms with Gasteiger partial charge in [-0.2, -0.15) is 0 Å². The molecule has 0 radical (unpaired) electrons. The van der Waals surface area contributed by atoms with Gasteiger partial charge in [-0.3, -0.25) is 0 Å². The smallest absolute Gasteiger partial charge is 0.119 e. The van der Waals surface area contributed by atoms with Gasteiger partial charge in [0, 0.05) is 4.47 Å². The quantitative estimate of drug-likeness (QED) is 0.800. The van der Waals surface area contributed by atoms with E-state index in [0.717, 1.165) is 10.2 Å². The lowest BCUT2D eigenvalue weighted by molar-refractivity contribution is 0.304. The molecule has 2 aromatic rings. The van der Waals surface area contributed by atoms with E-state index < -0.39 is 0 Å². The summed E-state index contributed by atoms with van der Waals surface area (Å²) in [5, 5.41) is 0. The molecule has 17 heavy (non-hydrogen) atoms. The van der Waals surface area contributed by atoms with Gasteiger partial charge in [0.05, 0.1) is 0 Å². The van der Waals surface area contributed by atoms with Crippen LogP contribution in [0.25, 0.3) is 0 Å². The average molecular weight is 291 g/mol. The van der Waals surface area contributed by atoms with Crippen LogP contribution in [0.1, 0.15) is 16.7 Å². The Kier molecular flexibility index (Phi) is 3.85. The van der Waals surface area contributed by atoms with Gasteiger partial charge in [-0.15, -0.1) is 0 Å². The Labute approximate surface area is 111 Å². The monoisotopic (exact) mass is 290 g/mol. The maximum Gasteiger partial charge on any atom is 0.119 e. The highest BCUT2D eigenvalue weighted by Gasteiger charge is 2.02. The van der Waals surface area contributed by atoms with Crippen molar-refractivity contribution in [1.82, 2.24) is 0 Å². The molecule has 0 N–H and O–H groups in total. The molecule has 1 nitrogen and oxygen atoms in total. The first kappa shape index (κ1) is 12.2. The predicted octanol–water partition coefficient (Wildman–Crippen LogP) is 4.64. The third-order valence-electron chi connectivity index (χ3n) is 2.84. The molecule has 0 aliphatic rings. The molecule has 0 saturated heterocycles. The minimum atomic E-state index is 0.625. The van der Waals surface area contributed by atoms with Crippen LogP contribution in [0.2, 0.25) is 0 Å². The van der Waals surface area contributed by atoms with Crippen LogP contribution in [0.3, 0.4) is 0 Å². The van der Waals surface area contributed by atoms with Gasteiger partial charge >= 0.3 is 0 Å². The summed E-state index contributed by atoms with van der Waals surface area (Å²) in [7, 11) is 0. The van der Waals surface area contributed by atoms with E-state index in [1.807, 2.05) is 24.3 Å². The van der Waals surface area contributed by atoms with Crippen molar-refractivity contribution in [3.63, 3.8) is 0 Å². The molecule has 0 aliphatic carbocycles. The van der Waals surface area contributed by atoms with Crippen LogP contribution >= 0.6 is 15.9 Å². The molecular formula is C15H15BrO. The van der Waals surface area contributed by atoms with E-state index >= 15 is 0 Å². The Morgan fingerprint density at radius 1 is 0.941 bits per heavy atom. The summed E-state index contributed by atoms with van der Waals surface area (Å²) in [4.78, 5) is 0. The molecule has 0 bridgehead atoms. The largest absolute Gasteiger partial charge is 0.489 e. The first-order valence-electron chi connectivity index (χ1n) is 5.60. The second kappa shape index (κ2) is 5.37. The SMILES string of the molecule is Cc1cccc(C)c1COc1ccc(Br)cc1. The van der Waals surface area contributed by atoms with Crippen molar-refractivity contribution in [2.45, 2.75) is 20.5 Å². The fourth-order valence-corrected chi connectivity index (χ4v) is 2.03. The van der Waals surface area contributed by atoms with Gasteiger partial charge in [-0.1, -0.05) is 34.1 Å². The van der Waals surface area contributed by atoms with E-state index in [1.54, 1.807) is 0 Å².